The Balaban J connectivity index is 2.01. The fraction of sp³-hybridized carbons (Fsp3) is 0.200. The molecule has 0 aliphatic heterocycles. The van der Waals surface area contributed by atoms with E-state index in [-0.39, 0.29) is 0 Å². The fourth-order valence-corrected chi connectivity index (χ4v) is 3.11. The average Bonchev–Trinajstić information content (AvgIpc) is 3.17. The predicted molar refractivity (Wildman–Crippen MR) is 83.3 cm³/mol. The molecule has 1 fully saturated rings. The highest BCUT2D eigenvalue weighted by Gasteiger charge is 2.28. The molecule has 0 radical (unpaired) electrons. The summed E-state index contributed by atoms with van der Waals surface area (Å²) in [4.78, 5) is 8.92. The normalized spacial score (nSPS) is 14.8. The number of halogens is 1. The summed E-state index contributed by atoms with van der Waals surface area (Å²) in [5.74, 6) is 0.975. The molecule has 20 heavy (non-hydrogen) atoms. The van der Waals surface area contributed by atoms with Gasteiger partial charge < -0.3 is 10.3 Å². The van der Waals surface area contributed by atoms with Gasteiger partial charge in [-0.15, -0.1) is 0 Å². The van der Waals surface area contributed by atoms with Crippen molar-refractivity contribution in [3.63, 3.8) is 0 Å². The Morgan fingerprint density at radius 2 is 2.10 bits per heavy atom. The summed E-state index contributed by atoms with van der Waals surface area (Å²) in [6.45, 7) is 0. The van der Waals surface area contributed by atoms with E-state index >= 15 is 0 Å². The lowest BCUT2D eigenvalue weighted by molar-refractivity contribution is 0.775. The van der Waals surface area contributed by atoms with Crippen LogP contribution in [0.2, 0.25) is 0 Å². The Morgan fingerprint density at radius 3 is 2.85 bits per heavy atom. The van der Waals surface area contributed by atoms with Crippen LogP contribution in [0.15, 0.2) is 41.1 Å². The minimum Gasteiger partial charge on any atom is -0.399 e. The first-order valence-corrected chi connectivity index (χ1v) is 7.40. The highest BCUT2D eigenvalue weighted by Crippen LogP contribution is 2.41. The van der Waals surface area contributed by atoms with E-state index in [1.54, 1.807) is 0 Å². The van der Waals surface area contributed by atoms with E-state index in [9.17, 15) is 0 Å². The molecule has 5 heteroatoms. The molecule has 4 nitrogen and oxygen atoms in total. The molecule has 0 atom stereocenters. The molecule has 1 aliphatic carbocycles. The molecule has 0 amide bonds. The minimum atomic E-state index is 0.553. The number of hydrogen-bond acceptors (Lipinski definition) is 3. The molecular formula is C15H13BrN4. The van der Waals surface area contributed by atoms with Crippen molar-refractivity contribution in [2.24, 2.45) is 0 Å². The number of hydrogen-bond donors (Lipinski definition) is 1. The highest BCUT2D eigenvalue weighted by molar-refractivity contribution is 9.10. The van der Waals surface area contributed by atoms with Crippen molar-refractivity contribution >= 4 is 32.7 Å². The summed E-state index contributed by atoms with van der Waals surface area (Å²) in [5, 5.41) is 0. The van der Waals surface area contributed by atoms with E-state index in [2.05, 4.69) is 31.5 Å². The van der Waals surface area contributed by atoms with Gasteiger partial charge in [0, 0.05) is 28.0 Å². The maximum absolute atomic E-state index is 5.95. The second-order valence-electron chi connectivity index (χ2n) is 5.17. The summed E-state index contributed by atoms with van der Waals surface area (Å²) in [6, 6.07) is 8.51. The summed E-state index contributed by atoms with van der Waals surface area (Å²) in [7, 11) is 0. The van der Waals surface area contributed by atoms with Crippen LogP contribution in [0, 0.1) is 0 Å². The van der Waals surface area contributed by atoms with Gasteiger partial charge in [0.25, 0.3) is 0 Å². The molecule has 2 heterocycles. The van der Waals surface area contributed by atoms with Gasteiger partial charge in [-0.05, 0) is 37.1 Å². The van der Waals surface area contributed by atoms with Gasteiger partial charge in [0.15, 0.2) is 0 Å². The molecule has 1 saturated carbocycles. The van der Waals surface area contributed by atoms with E-state index in [1.165, 1.54) is 12.8 Å². The second kappa shape index (κ2) is 4.31. The zero-order valence-corrected chi connectivity index (χ0v) is 12.3. The van der Waals surface area contributed by atoms with Crippen molar-refractivity contribution in [1.29, 1.82) is 0 Å². The molecule has 1 aliphatic rings. The maximum Gasteiger partial charge on any atom is 0.141 e. The number of fused-ring (bicyclic) bond motifs is 1. The number of anilines is 1. The molecule has 4 rings (SSSR count). The maximum atomic E-state index is 5.95. The van der Waals surface area contributed by atoms with Crippen molar-refractivity contribution in [2.45, 2.75) is 18.9 Å². The molecule has 0 saturated heterocycles. The lowest BCUT2D eigenvalue weighted by Crippen LogP contribution is -1.98. The first-order chi connectivity index (χ1) is 9.72. The molecular weight excluding hydrogens is 316 g/mol. The van der Waals surface area contributed by atoms with E-state index in [0.717, 1.165) is 32.6 Å². The van der Waals surface area contributed by atoms with Gasteiger partial charge in [0.1, 0.15) is 11.3 Å². The summed E-state index contributed by atoms with van der Waals surface area (Å²) >= 11 is 3.50. The number of aromatic nitrogens is 3. The van der Waals surface area contributed by atoms with E-state index in [0.29, 0.717) is 6.04 Å². The van der Waals surface area contributed by atoms with Gasteiger partial charge in [-0.25, -0.2) is 4.98 Å². The molecule has 0 bridgehead atoms. The van der Waals surface area contributed by atoms with Crippen LogP contribution >= 0.6 is 15.9 Å². The van der Waals surface area contributed by atoms with Crippen LogP contribution in [-0.4, -0.2) is 14.5 Å². The summed E-state index contributed by atoms with van der Waals surface area (Å²) < 4.78 is 3.29. The monoisotopic (exact) mass is 328 g/mol. The zero-order valence-electron chi connectivity index (χ0n) is 10.8. The molecule has 100 valence electrons. The molecule has 1 aromatic carbocycles. The summed E-state index contributed by atoms with van der Waals surface area (Å²) in [6.07, 6.45) is 6.07. The SMILES string of the molecule is Nc1cc(Br)cc(-c2nc3cnccc3n2C2CC2)c1. The smallest absolute Gasteiger partial charge is 0.141 e. The third-order valence-corrected chi connectivity index (χ3v) is 4.04. The number of imidazole rings is 1. The van der Waals surface area contributed by atoms with Crippen molar-refractivity contribution in [1.82, 2.24) is 14.5 Å². The Kier molecular flexibility index (Phi) is 2.57. The number of benzene rings is 1. The van der Waals surface area contributed by atoms with Crippen molar-refractivity contribution in [3.8, 4) is 11.4 Å². The van der Waals surface area contributed by atoms with Gasteiger partial charge in [-0.1, -0.05) is 15.9 Å². The van der Waals surface area contributed by atoms with Crippen molar-refractivity contribution in [3.05, 3.63) is 41.1 Å². The number of nitrogens with two attached hydrogens (primary N) is 1. The van der Waals surface area contributed by atoms with Crippen LogP contribution in [-0.2, 0) is 0 Å². The van der Waals surface area contributed by atoms with E-state index < -0.39 is 0 Å². The van der Waals surface area contributed by atoms with Crippen molar-refractivity contribution in [2.75, 3.05) is 5.73 Å². The van der Waals surface area contributed by atoms with Crippen LogP contribution in [0.1, 0.15) is 18.9 Å². The van der Waals surface area contributed by atoms with Crippen LogP contribution in [0.3, 0.4) is 0 Å². The third-order valence-electron chi connectivity index (χ3n) is 3.58. The topological polar surface area (TPSA) is 56.7 Å². The fourth-order valence-electron chi connectivity index (χ4n) is 2.60. The van der Waals surface area contributed by atoms with Gasteiger partial charge in [0.05, 0.1) is 11.7 Å². The number of nitrogens with zero attached hydrogens (tertiary/aromatic N) is 3. The predicted octanol–water partition coefficient (Wildman–Crippen LogP) is 3.78. The van der Waals surface area contributed by atoms with Crippen LogP contribution < -0.4 is 5.73 Å². The average molecular weight is 329 g/mol. The quantitative estimate of drug-likeness (QED) is 0.728. The minimum absolute atomic E-state index is 0.553. The van der Waals surface area contributed by atoms with Crippen LogP contribution in [0.25, 0.3) is 22.4 Å². The zero-order chi connectivity index (χ0) is 13.7. The molecule has 2 N–H and O–H groups in total. The number of nitrogen functional groups attached to an aromatic ring is 1. The van der Waals surface area contributed by atoms with Crippen LogP contribution in [0.5, 0.6) is 0 Å². The standard InChI is InChI=1S/C15H13BrN4/c16-10-5-9(6-11(17)7-10)15-19-13-8-18-4-3-14(13)20(15)12-1-2-12/h3-8,12H,1-2,17H2. The lowest BCUT2D eigenvalue weighted by atomic mass is 10.2. The number of pyridine rings is 1. The molecule has 2 aromatic heterocycles. The lowest BCUT2D eigenvalue weighted by Gasteiger charge is -2.08. The Hall–Kier alpha value is -1.88. The van der Waals surface area contributed by atoms with Gasteiger partial charge >= 0.3 is 0 Å². The highest BCUT2D eigenvalue weighted by atomic mass is 79.9. The second-order valence-corrected chi connectivity index (χ2v) is 6.09. The first kappa shape index (κ1) is 11.9. The van der Waals surface area contributed by atoms with E-state index in [4.69, 9.17) is 10.7 Å². The largest absolute Gasteiger partial charge is 0.399 e. The first-order valence-electron chi connectivity index (χ1n) is 6.61. The Labute approximate surface area is 124 Å². The Bertz CT molecular complexity index is 784. The Morgan fingerprint density at radius 1 is 1.25 bits per heavy atom. The van der Waals surface area contributed by atoms with Gasteiger partial charge in [-0.2, -0.15) is 0 Å². The molecule has 0 unspecified atom stereocenters. The number of rotatable bonds is 2. The molecule has 0 spiro atoms. The summed E-state index contributed by atoms with van der Waals surface area (Å²) in [5.41, 5.74) is 9.82. The van der Waals surface area contributed by atoms with Gasteiger partial charge in [-0.3, -0.25) is 4.98 Å². The van der Waals surface area contributed by atoms with E-state index in [1.807, 2.05) is 30.6 Å². The third kappa shape index (κ3) is 1.89. The van der Waals surface area contributed by atoms with Gasteiger partial charge in [0.2, 0.25) is 0 Å². The van der Waals surface area contributed by atoms with Crippen molar-refractivity contribution < 1.29 is 0 Å². The van der Waals surface area contributed by atoms with Crippen LogP contribution in [0.4, 0.5) is 5.69 Å². The molecule has 3 aromatic rings.